The van der Waals surface area contributed by atoms with Crippen molar-refractivity contribution in [1.29, 1.82) is 0 Å². The van der Waals surface area contributed by atoms with Crippen LogP contribution in [0, 0.1) is 0 Å². The Morgan fingerprint density at radius 2 is 1.40 bits per heavy atom. The van der Waals surface area contributed by atoms with E-state index in [9.17, 15) is 9.59 Å². The van der Waals surface area contributed by atoms with Crippen LogP contribution in [0.2, 0.25) is 0 Å². The van der Waals surface area contributed by atoms with Crippen LogP contribution in [0.1, 0.15) is 86.5 Å². The average Bonchev–Trinajstić information content (AvgIpc) is 2.58. The zero-order valence-electron chi connectivity index (χ0n) is 19.9. The topological polar surface area (TPSA) is 88.7 Å². The standard InChI is InChI=1S/C22H43N3O4S/c1-21(2,3)24-18(26)28-17-15-13-11-9-8-10-12-14-16-23-20(30-7)29-19(27)25-22(4,5)6/h15,17,20,23H,8-14,16H2,1-7H3,(H,24,26)(H,25,27)/b17-15-. The molecule has 0 rings (SSSR count). The van der Waals surface area contributed by atoms with Gasteiger partial charge in [0.2, 0.25) is 5.56 Å². The first kappa shape index (κ1) is 28.6. The van der Waals surface area contributed by atoms with E-state index < -0.39 is 12.2 Å². The molecule has 0 aromatic carbocycles. The van der Waals surface area contributed by atoms with Gasteiger partial charge in [0.25, 0.3) is 0 Å². The van der Waals surface area contributed by atoms with Crippen molar-refractivity contribution in [2.24, 2.45) is 0 Å². The average molecular weight is 446 g/mol. The molecule has 1 atom stereocenters. The smallest absolute Gasteiger partial charge is 0.412 e. The lowest BCUT2D eigenvalue weighted by Crippen LogP contribution is -2.44. The van der Waals surface area contributed by atoms with Gasteiger partial charge in [0.15, 0.2) is 0 Å². The van der Waals surface area contributed by atoms with Crippen molar-refractivity contribution in [2.45, 2.75) is 103 Å². The van der Waals surface area contributed by atoms with Crippen LogP contribution in [0.3, 0.4) is 0 Å². The number of hydrogen-bond donors (Lipinski definition) is 3. The Balaban J connectivity index is 3.61. The second-order valence-electron chi connectivity index (χ2n) is 9.36. The van der Waals surface area contributed by atoms with Gasteiger partial charge in [-0.15, -0.1) is 11.8 Å². The van der Waals surface area contributed by atoms with E-state index in [4.69, 9.17) is 9.47 Å². The summed E-state index contributed by atoms with van der Waals surface area (Å²) in [6, 6.07) is 0. The monoisotopic (exact) mass is 445 g/mol. The van der Waals surface area contributed by atoms with E-state index in [-0.39, 0.29) is 16.6 Å². The molecule has 0 radical (unpaired) electrons. The minimum atomic E-state index is -0.420. The van der Waals surface area contributed by atoms with E-state index in [1.807, 2.05) is 53.9 Å². The summed E-state index contributed by atoms with van der Waals surface area (Å²) in [5, 5.41) is 8.79. The Hall–Kier alpha value is -1.41. The Labute approximate surface area is 187 Å². The van der Waals surface area contributed by atoms with Gasteiger partial charge in [-0.25, -0.2) is 9.59 Å². The van der Waals surface area contributed by atoms with Crippen molar-refractivity contribution < 1.29 is 19.1 Å². The maximum atomic E-state index is 11.8. The van der Waals surface area contributed by atoms with Gasteiger partial charge in [0.1, 0.15) is 0 Å². The first-order valence-electron chi connectivity index (χ1n) is 10.8. The van der Waals surface area contributed by atoms with Gasteiger partial charge < -0.3 is 20.1 Å². The fourth-order valence-corrected chi connectivity index (χ4v) is 2.90. The van der Waals surface area contributed by atoms with Crippen molar-refractivity contribution in [3.8, 4) is 0 Å². The van der Waals surface area contributed by atoms with E-state index >= 15 is 0 Å². The molecule has 0 aliphatic heterocycles. The summed E-state index contributed by atoms with van der Waals surface area (Å²) in [5.41, 5.74) is -0.916. The van der Waals surface area contributed by atoms with Crippen LogP contribution in [0.4, 0.5) is 9.59 Å². The van der Waals surface area contributed by atoms with Crippen LogP contribution >= 0.6 is 11.8 Å². The van der Waals surface area contributed by atoms with E-state index in [1.54, 1.807) is 0 Å². The summed E-state index contributed by atoms with van der Waals surface area (Å²) in [6.45, 7) is 12.3. The van der Waals surface area contributed by atoms with Crippen LogP contribution < -0.4 is 16.0 Å². The molecular formula is C22H43N3O4S. The van der Waals surface area contributed by atoms with E-state index in [0.717, 1.165) is 38.6 Å². The number of ether oxygens (including phenoxy) is 2. The van der Waals surface area contributed by atoms with Crippen LogP contribution in [0.5, 0.6) is 0 Å². The number of alkyl carbamates (subject to hydrolysis) is 2. The summed E-state index contributed by atoms with van der Waals surface area (Å²) in [4.78, 5) is 23.3. The number of carbonyl (C=O) groups is 2. The number of thioether (sulfide) groups is 1. The maximum Gasteiger partial charge on any atom is 0.412 e. The molecule has 3 N–H and O–H groups in total. The van der Waals surface area contributed by atoms with Crippen LogP contribution in [0.15, 0.2) is 12.3 Å². The van der Waals surface area contributed by atoms with Crippen LogP contribution in [-0.2, 0) is 9.47 Å². The zero-order chi connectivity index (χ0) is 23.0. The summed E-state index contributed by atoms with van der Waals surface area (Å²) >= 11 is 1.47. The Kier molecular flexibility index (Phi) is 14.7. The van der Waals surface area contributed by atoms with Gasteiger partial charge in [-0.3, -0.25) is 5.32 Å². The summed E-state index contributed by atoms with van der Waals surface area (Å²) in [7, 11) is 0. The van der Waals surface area contributed by atoms with Gasteiger partial charge in [-0.1, -0.05) is 25.7 Å². The molecule has 8 heteroatoms. The second kappa shape index (κ2) is 15.4. The normalized spacial score (nSPS) is 13.2. The minimum absolute atomic E-state index is 0.287. The lowest BCUT2D eigenvalue weighted by molar-refractivity contribution is 0.115. The number of rotatable bonds is 13. The fourth-order valence-electron chi connectivity index (χ4n) is 2.43. The van der Waals surface area contributed by atoms with Crippen molar-refractivity contribution in [1.82, 2.24) is 16.0 Å². The molecule has 0 bridgehead atoms. The summed E-state index contributed by atoms with van der Waals surface area (Å²) in [6.07, 6.45) is 12.2. The molecular weight excluding hydrogens is 402 g/mol. The highest BCUT2D eigenvalue weighted by molar-refractivity contribution is 7.99. The van der Waals surface area contributed by atoms with Gasteiger partial charge in [0.05, 0.1) is 6.26 Å². The minimum Gasteiger partial charge on any atom is -0.421 e. The molecule has 0 aromatic heterocycles. The summed E-state index contributed by atoms with van der Waals surface area (Å²) in [5.74, 6) is 0. The van der Waals surface area contributed by atoms with Crippen molar-refractivity contribution in [3.63, 3.8) is 0 Å². The van der Waals surface area contributed by atoms with E-state index in [2.05, 4.69) is 16.0 Å². The Morgan fingerprint density at radius 1 is 0.867 bits per heavy atom. The number of unbranched alkanes of at least 4 members (excludes halogenated alkanes) is 6. The number of hydrogen-bond acceptors (Lipinski definition) is 6. The van der Waals surface area contributed by atoms with Crippen molar-refractivity contribution in [2.75, 3.05) is 12.8 Å². The third-order valence-electron chi connectivity index (χ3n) is 3.76. The first-order chi connectivity index (χ1) is 13.9. The Morgan fingerprint density at radius 3 is 1.97 bits per heavy atom. The largest absolute Gasteiger partial charge is 0.421 e. The Bertz CT molecular complexity index is 513. The highest BCUT2D eigenvalue weighted by Gasteiger charge is 2.18. The SMILES string of the molecule is CSC(NCCCCCCCC/C=C\OC(=O)NC(C)(C)C)OC(=O)NC(C)(C)C. The molecule has 7 nitrogen and oxygen atoms in total. The highest BCUT2D eigenvalue weighted by atomic mass is 32.2. The molecule has 0 saturated heterocycles. The molecule has 0 aliphatic carbocycles. The lowest BCUT2D eigenvalue weighted by atomic mass is 10.1. The van der Waals surface area contributed by atoms with E-state index in [1.165, 1.54) is 30.9 Å². The predicted octanol–water partition coefficient (Wildman–Crippen LogP) is 5.52. The predicted molar refractivity (Wildman–Crippen MR) is 126 cm³/mol. The van der Waals surface area contributed by atoms with Gasteiger partial charge >= 0.3 is 12.2 Å². The van der Waals surface area contributed by atoms with Crippen LogP contribution in [0.25, 0.3) is 0 Å². The first-order valence-corrected chi connectivity index (χ1v) is 12.1. The second-order valence-corrected chi connectivity index (χ2v) is 10.3. The third-order valence-corrected chi connectivity index (χ3v) is 4.45. The molecule has 0 spiro atoms. The quantitative estimate of drug-likeness (QED) is 0.197. The van der Waals surface area contributed by atoms with Crippen molar-refractivity contribution in [3.05, 3.63) is 12.3 Å². The lowest BCUT2D eigenvalue weighted by Gasteiger charge is -2.23. The molecule has 0 heterocycles. The summed E-state index contributed by atoms with van der Waals surface area (Å²) < 4.78 is 10.4. The molecule has 0 aromatic rings. The maximum absolute atomic E-state index is 11.8. The number of amides is 2. The molecule has 0 saturated carbocycles. The molecule has 0 fully saturated rings. The molecule has 176 valence electrons. The zero-order valence-corrected chi connectivity index (χ0v) is 20.7. The van der Waals surface area contributed by atoms with Gasteiger partial charge in [-0.05, 0) is 79.7 Å². The van der Waals surface area contributed by atoms with Gasteiger partial charge in [0, 0.05) is 11.1 Å². The van der Waals surface area contributed by atoms with Crippen molar-refractivity contribution >= 4 is 23.9 Å². The molecule has 2 amide bonds. The third kappa shape index (κ3) is 19.9. The molecule has 0 aliphatic rings. The molecule has 1 unspecified atom stereocenters. The fraction of sp³-hybridized carbons (Fsp3) is 0.818. The van der Waals surface area contributed by atoms with Gasteiger partial charge in [-0.2, -0.15) is 0 Å². The number of nitrogens with one attached hydrogen (secondary N) is 3. The molecule has 30 heavy (non-hydrogen) atoms. The number of allylic oxidation sites excluding steroid dienone is 1. The number of carbonyl (C=O) groups excluding carboxylic acids is 2. The van der Waals surface area contributed by atoms with E-state index in [0.29, 0.717) is 0 Å². The highest BCUT2D eigenvalue weighted by Crippen LogP contribution is 2.10. The van der Waals surface area contributed by atoms with Crippen LogP contribution in [-0.4, -0.2) is 41.6 Å².